The van der Waals surface area contributed by atoms with Crippen LogP contribution < -0.4 is 5.32 Å². The number of hydrogen-bond donors (Lipinski definition) is 1. The van der Waals surface area contributed by atoms with Gasteiger partial charge >= 0.3 is 0 Å². The predicted octanol–water partition coefficient (Wildman–Crippen LogP) is 5.90. The Morgan fingerprint density at radius 3 is 2.57 bits per heavy atom. The third-order valence-electron chi connectivity index (χ3n) is 7.80. The van der Waals surface area contributed by atoms with Crippen molar-refractivity contribution in [2.45, 2.75) is 69.9 Å². The molecule has 0 spiro atoms. The third-order valence-corrected chi connectivity index (χ3v) is 7.80. The maximum absolute atomic E-state index is 5.61. The molecule has 0 radical (unpaired) electrons. The predicted molar refractivity (Wildman–Crippen MR) is 137 cm³/mol. The SMILES string of the molecule is CC1(Nc2ncc(CN3CCC(c4ccccc4)CC3)c3nc(-c4ccco4)nn23)CCCCC1. The molecule has 1 aromatic carbocycles. The van der Waals surface area contributed by atoms with Crippen LogP contribution in [-0.2, 0) is 6.54 Å². The molecule has 0 amide bonds. The first-order valence-electron chi connectivity index (χ1n) is 13.0. The molecule has 3 aromatic heterocycles. The lowest BCUT2D eigenvalue weighted by Gasteiger charge is -2.35. The number of piperidine rings is 1. The van der Waals surface area contributed by atoms with Crippen LogP contribution in [0.3, 0.4) is 0 Å². The minimum Gasteiger partial charge on any atom is -0.461 e. The Labute approximate surface area is 206 Å². The summed E-state index contributed by atoms with van der Waals surface area (Å²) in [6.45, 7) is 5.27. The van der Waals surface area contributed by atoms with E-state index in [1.807, 2.05) is 22.8 Å². The summed E-state index contributed by atoms with van der Waals surface area (Å²) in [6, 6.07) is 14.7. The summed E-state index contributed by atoms with van der Waals surface area (Å²) < 4.78 is 7.51. The summed E-state index contributed by atoms with van der Waals surface area (Å²) in [5.74, 6) is 2.69. The monoisotopic (exact) mass is 470 g/mol. The zero-order valence-corrected chi connectivity index (χ0v) is 20.5. The highest BCUT2D eigenvalue weighted by Crippen LogP contribution is 2.32. The average Bonchev–Trinajstić information content (AvgIpc) is 3.58. The van der Waals surface area contributed by atoms with Crippen LogP contribution in [-0.4, -0.2) is 43.1 Å². The number of hydrogen-bond acceptors (Lipinski definition) is 6. The summed E-state index contributed by atoms with van der Waals surface area (Å²) in [5, 5.41) is 8.54. The standard InChI is InChI=1S/C28H34N6O/c1-28(14-6-3-7-15-28)31-27-29-19-23(26-30-25(32-34(26)27)24-11-8-18-35-24)20-33-16-12-22(13-17-33)21-9-4-2-5-10-21/h2,4-5,8-11,18-19,22H,3,6-7,12-17,20H2,1H3,(H,29,31). The lowest BCUT2D eigenvalue weighted by molar-refractivity contribution is 0.205. The smallest absolute Gasteiger partial charge is 0.226 e. The Morgan fingerprint density at radius 1 is 1.03 bits per heavy atom. The Hall–Kier alpha value is -3.19. The Kier molecular flexibility index (Phi) is 6.02. The van der Waals surface area contributed by atoms with E-state index in [9.17, 15) is 0 Å². The van der Waals surface area contributed by atoms with Crippen molar-refractivity contribution in [2.75, 3.05) is 18.4 Å². The zero-order chi connectivity index (χ0) is 23.7. The van der Waals surface area contributed by atoms with Crippen LogP contribution in [0.4, 0.5) is 5.95 Å². The van der Waals surface area contributed by atoms with Crippen molar-refractivity contribution in [3.05, 3.63) is 66.1 Å². The first-order chi connectivity index (χ1) is 17.2. The second-order valence-corrected chi connectivity index (χ2v) is 10.5. The second-order valence-electron chi connectivity index (χ2n) is 10.5. The largest absolute Gasteiger partial charge is 0.461 e. The van der Waals surface area contributed by atoms with Gasteiger partial charge in [-0.3, -0.25) is 4.90 Å². The Bertz CT molecular complexity index is 1250. The minimum atomic E-state index is 0.0375. The van der Waals surface area contributed by atoms with Gasteiger partial charge in [-0.05, 0) is 69.3 Å². The number of rotatable bonds is 6. The number of likely N-dealkylation sites (tertiary alicyclic amines) is 1. The first kappa shape index (κ1) is 22.3. The lowest BCUT2D eigenvalue weighted by atomic mass is 9.83. The van der Waals surface area contributed by atoms with Gasteiger partial charge in [0.05, 0.1) is 6.26 Å². The van der Waals surface area contributed by atoms with Gasteiger partial charge < -0.3 is 9.73 Å². The molecule has 4 aromatic rings. The minimum absolute atomic E-state index is 0.0375. The fraction of sp³-hybridized carbons (Fsp3) is 0.464. The van der Waals surface area contributed by atoms with Gasteiger partial charge in [-0.2, -0.15) is 4.52 Å². The van der Waals surface area contributed by atoms with E-state index in [0.29, 0.717) is 17.5 Å². The van der Waals surface area contributed by atoms with Crippen LogP contribution in [0.5, 0.6) is 0 Å². The number of furan rings is 1. The second kappa shape index (κ2) is 9.46. The van der Waals surface area contributed by atoms with Gasteiger partial charge in [0.25, 0.3) is 0 Å². The highest BCUT2D eigenvalue weighted by molar-refractivity contribution is 5.58. The third kappa shape index (κ3) is 4.69. The molecule has 182 valence electrons. The topological polar surface area (TPSA) is 71.5 Å². The van der Waals surface area contributed by atoms with Gasteiger partial charge in [0, 0.05) is 23.8 Å². The van der Waals surface area contributed by atoms with Crippen LogP contribution in [0.15, 0.2) is 59.3 Å². The summed E-state index contributed by atoms with van der Waals surface area (Å²) in [5.41, 5.74) is 3.46. The molecule has 4 heterocycles. The van der Waals surface area contributed by atoms with Crippen LogP contribution in [0.1, 0.15) is 68.9 Å². The lowest BCUT2D eigenvalue weighted by Crippen LogP contribution is -2.38. The first-order valence-corrected chi connectivity index (χ1v) is 13.0. The summed E-state index contributed by atoms with van der Waals surface area (Å²) in [7, 11) is 0. The number of nitrogens with zero attached hydrogens (tertiary/aromatic N) is 5. The van der Waals surface area contributed by atoms with E-state index >= 15 is 0 Å². The van der Waals surface area contributed by atoms with Crippen molar-refractivity contribution in [1.82, 2.24) is 24.5 Å². The molecule has 1 aliphatic carbocycles. The summed E-state index contributed by atoms with van der Waals surface area (Å²) in [4.78, 5) is 12.3. The molecule has 1 saturated heterocycles. The van der Waals surface area contributed by atoms with Crippen LogP contribution in [0.25, 0.3) is 17.2 Å². The van der Waals surface area contributed by atoms with Crippen LogP contribution in [0, 0.1) is 0 Å². The zero-order valence-electron chi connectivity index (χ0n) is 20.5. The fourth-order valence-electron chi connectivity index (χ4n) is 5.74. The number of anilines is 1. The summed E-state index contributed by atoms with van der Waals surface area (Å²) >= 11 is 0. The fourth-order valence-corrected chi connectivity index (χ4v) is 5.74. The van der Waals surface area contributed by atoms with Crippen molar-refractivity contribution in [2.24, 2.45) is 0 Å². The van der Waals surface area contributed by atoms with E-state index in [4.69, 9.17) is 19.5 Å². The number of benzene rings is 1. The molecule has 0 bridgehead atoms. The molecular formula is C28H34N6O. The van der Waals surface area contributed by atoms with Crippen molar-refractivity contribution >= 4 is 11.6 Å². The van der Waals surface area contributed by atoms with E-state index < -0.39 is 0 Å². The molecule has 1 N–H and O–H groups in total. The van der Waals surface area contributed by atoms with E-state index in [0.717, 1.165) is 49.6 Å². The van der Waals surface area contributed by atoms with Crippen LogP contribution in [0.2, 0.25) is 0 Å². The van der Waals surface area contributed by atoms with Gasteiger partial charge in [0.2, 0.25) is 11.8 Å². The van der Waals surface area contributed by atoms with Crippen molar-refractivity contribution in [1.29, 1.82) is 0 Å². The molecule has 7 heteroatoms. The number of fused-ring (bicyclic) bond motifs is 1. The van der Waals surface area contributed by atoms with Crippen LogP contribution >= 0.6 is 0 Å². The normalized spacial score (nSPS) is 19.2. The molecule has 0 unspecified atom stereocenters. The number of aromatic nitrogens is 4. The maximum Gasteiger partial charge on any atom is 0.226 e. The molecule has 1 saturated carbocycles. The van der Waals surface area contributed by atoms with Crippen molar-refractivity contribution < 1.29 is 4.42 Å². The Morgan fingerprint density at radius 2 is 1.83 bits per heavy atom. The van der Waals surface area contributed by atoms with E-state index in [-0.39, 0.29) is 5.54 Å². The highest BCUT2D eigenvalue weighted by Gasteiger charge is 2.29. The molecule has 35 heavy (non-hydrogen) atoms. The molecule has 1 aliphatic heterocycles. The molecular weight excluding hydrogens is 436 g/mol. The van der Waals surface area contributed by atoms with Crippen molar-refractivity contribution in [3.63, 3.8) is 0 Å². The summed E-state index contributed by atoms with van der Waals surface area (Å²) in [6.07, 6.45) is 12.1. The molecule has 2 aliphatic rings. The number of nitrogens with one attached hydrogen (secondary N) is 1. The molecule has 2 fully saturated rings. The van der Waals surface area contributed by atoms with Gasteiger partial charge in [-0.25, -0.2) is 9.97 Å². The van der Waals surface area contributed by atoms with Gasteiger partial charge in [-0.15, -0.1) is 5.10 Å². The Balaban J connectivity index is 1.26. The molecule has 6 rings (SSSR count). The van der Waals surface area contributed by atoms with Gasteiger partial charge in [0.15, 0.2) is 11.4 Å². The quantitative estimate of drug-likeness (QED) is 0.378. The van der Waals surface area contributed by atoms with E-state index in [1.165, 1.54) is 37.7 Å². The van der Waals surface area contributed by atoms with Crippen molar-refractivity contribution in [3.8, 4) is 11.6 Å². The highest BCUT2D eigenvalue weighted by atomic mass is 16.3. The van der Waals surface area contributed by atoms with E-state index in [1.54, 1.807) is 6.26 Å². The van der Waals surface area contributed by atoms with Gasteiger partial charge in [-0.1, -0.05) is 49.6 Å². The molecule has 7 nitrogen and oxygen atoms in total. The average molecular weight is 471 g/mol. The van der Waals surface area contributed by atoms with Gasteiger partial charge in [0.1, 0.15) is 0 Å². The van der Waals surface area contributed by atoms with E-state index in [2.05, 4.69) is 47.5 Å². The molecule has 0 atom stereocenters. The maximum atomic E-state index is 5.61.